The van der Waals surface area contributed by atoms with Crippen molar-refractivity contribution in [3.8, 4) is 0 Å². The third-order valence-corrected chi connectivity index (χ3v) is 0.784. The van der Waals surface area contributed by atoms with E-state index in [2.05, 4.69) is 0 Å². The fourth-order valence-corrected chi connectivity index (χ4v) is 0.288. The number of nitrogens with two attached hydrogens (primary N) is 1. The van der Waals surface area contributed by atoms with Gasteiger partial charge >= 0.3 is 5.97 Å². The van der Waals surface area contributed by atoms with Crippen LogP contribution in [0.1, 0.15) is 6.92 Å². The van der Waals surface area contributed by atoms with Crippen molar-refractivity contribution in [1.29, 1.82) is 5.41 Å². The van der Waals surface area contributed by atoms with Crippen molar-refractivity contribution in [2.24, 2.45) is 5.73 Å². The van der Waals surface area contributed by atoms with E-state index in [9.17, 15) is 4.79 Å². The molecule has 0 atom stereocenters. The number of guanidine groups is 1. The lowest BCUT2D eigenvalue weighted by molar-refractivity contribution is -0.137. The highest BCUT2D eigenvalue weighted by Crippen LogP contribution is 1.76. The van der Waals surface area contributed by atoms with Gasteiger partial charge in [0.15, 0.2) is 5.96 Å². The number of carbonyl (C=O) groups is 2. The van der Waals surface area contributed by atoms with Gasteiger partial charge in [-0.3, -0.25) is 15.0 Å². The molecule has 0 aliphatic rings. The number of nitrogens with one attached hydrogen (secondary N) is 1. The molecule has 0 heterocycles. The molecule has 0 rings (SSSR count). The SMILES string of the molecule is CC(=O)O.CN(CC(=O)O)C(=N)N. The minimum Gasteiger partial charge on any atom is -0.481 e. The molecule has 0 saturated heterocycles. The molecule has 76 valence electrons. The van der Waals surface area contributed by atoms with E-state index in [4.69, 9.17) is 26.2 Å². The maximum Gasteiger partial charge on any atom is 0.323 e. The van der Waals surface area contributed by atoms with Gasteiger partial charge in [0.2, 0.25) is 0 Å². The fraction of sp³-hybridized carbons (Fsp3) is 0.500. The first-order valence-electron chi connectivity index (χ1n) is 3.23. The zero-order valence-corrected chi connectivity index (χ0v) is 7.44. The molecule has 0 radical (unpaired) electrons. The van der Waals surface area contributed by atoms with E-state index in [0.717, 1.165) is 11.8 Å². The van der Waals surface area contributed by atoms with Crippen LogP contribution in [0.4, 0.5) is 0 Å². The van der Waals surface area contributed by atoms with Gasteiger partial charge < -0.3 is 20.8 Å². The quantitative estimate of drug-likeness (QED) is 0.327. The molecule has 0 aromatic carbocycles. The lowest BCUT2D eigenvalue weighted by Crippen LogP contribution is -2.36. The summed E-state index contributed by atoms with van der Waals surface area (Å²) in [4.78, 5) is 20.0. The van der Waals surface area contributed by atoms with Crippen LogP contribution in [0.15, 0.2) is 0 Å². The molecular formula is C6H13N3O4. The summed E-state index contributed by atoms with van der Waals surface area (Å²) in [5.74, 6) is -2.06. The summed E-state index contributed by atoms with van der Waals surface area (Å²) in [5.41, 5.74) is 4.93. The van der Waals surface area contributed by atoms with Crippen LogP contribution in [0.2, 0.25) is 0 Å². The van der Waals surface area contributed by atoms with Gasteiger partial charge in [0.25, 0.3) is 5.97 Å². The summed E-state index contributed by atoms with van der Waals surface area (Å²) in [7, 11) is 1.44. The number of nitrogens with zero attached hydrogens (tertiary/aromatic N) is 1. The zero-order valence-electron chi connectivity index (χ0n) is 7.44. The van der Waals surface area contributed by atoms with Crippen molar-refractivity contribution in [2.75, 3.05) is 13.6 Å². The molecule has 0 aromatic heterocycles. The first-order chi connectivity index (χ1) is 5.77. The van der Waals surface area contributed by atoms with Crippen LogP contribution in [0.3, 0.4) is 0 Å². The molecule has 7 nitrogen and oxygen atoms in total. The Bertz CT molecular complexity index is 200. The average molecular weight is 191 g/mol. The molecule has 0 aromatic rings. The van der Waals surface area contributed by atoms with Crippen LogP contribution in [-0.4, -0.2) is 46.6 Å². The third-order valence-electron chi connectivity index (χ3n) is 0.784. The first-order valence-corrected chi connectivity index (χ1v) is 3.23. The van der Waals surface area contributed by atoms with E-state index in [1.807, 2.05) is 0 Å². The molecule has 0 aliphatic heterocycles. The number of carboxylic acid groups (broad SMARTS) is 2. The van der Waals surface area contributed by atoms with E-state index in [0.29, 0.717) is 0 Å². The molecule has 0 spiro atoms. The number of carboxylic acids is 2. The van der Waals surface area contributed by atoms with Crippen molar-refractivity contribution >= 4 is 17.9 Å². The molecular weight excluding hydrogens is 178 g/mol. The van der Waals surface area contributed by atoms with Crippen LogP contribution < -0.4 is 5.73 Å². The highest BCUT2D eigenvalue weighted by Gasteiger charge is 2.03. The van der Waals surface area contributed by atoms with Crippen LogP contribution in [0.5, 0.6) is 0 Å². The van der Waals surface area contributed by atoms with Crippen molar-refractivity contribution in [1.82, 2.24) is 4.90 Å². The summed E-state index contributed by atoms with van der Waals surface area (Å²) in [6, 6.07) is 0. The topological polar surface area (TPSA) is 128 Å². The van der Waals surface area contributed by atoms with Crippen LogP contribution >= 0.6 is 0 Å². The summed E-state index contributed by atoms with van der Waals surface area (Å²) in [5, 5.41) is 22.3. The van der Waals surface area contributed by atoms with Gasteiger partial charge in [-0.05, 0) is 0 Å². The lowest BCUT2D eigenvalue weighted by atomic mass is 10.6. The fourth-order valence-electron chi connectivity index (χ4n) is 0.288. The predicted octanol–water partition coefficient (Wildman–Crippen LogP) is -1.01. The molecule has 0 bridgehead atoms. The van der Waals surface area contributed by atoms with Gasteiger partial charge in [0.1, 0.15) is 6.54 Å². The van der Waals surface area contributed by atoms with E-state index < -0.39 is 11.9 Å². The summed E-state index contributed by atoms with van der Waals surface area (Å²) >= 11 is 0. The highest BCUT2D eigenvalue weighted by molar-refractivity contribution is 5.79. The van der Waals surface area contributed by atoms with Gasteiger partial charge in [-0.2, -0.15) is 0 Å². The van der Waals surface area contributed by atoms with Crippen LogP contribution in [-0.2, 0) is 9.59 Å². The van der Waals surface area contributed by atoms with Gasteiger partial charge in [-0.15, -0.1) is 0 Å². The molecule has 5 N–H and O–H groups in total. The second-order valence-corrected chi connectivity index (χ2v) is 2.15. The standard InChI is InChI=1S/C4H9N3O2.C2H4O2/c1-7(4(5)6)2-3(8)9;1-2(3)4/h2H2,1H3,(H3,5,6)(H,8,9);1H3,(H,3,4). The normalized spacial score (nSPS) is 7.85. The Morgan fingerprint density at radius 2 is 1.77 bits per heavy atom. The van der Waals surface area contributed by atoms with E-state index in [1.54, 1.807) is 0 Å². The number of likely N-dealkylation sites (N-methyl/N-ethyl adjacent to an activating group) is 1. The Morgan fingerprint density at radius 3 is 1.85 bits per heavy atom. The predicted molar refractivity (Wildman–Crippen MR) is 45.5 cm³/mol. The average Bonchev–Trinajstić information content (AvgIpc) is 1.83. The summed E-state index contributed by atoms with van der Waals surface area (Å²) in [6.45, 7) is 0.856. The second kappa shape index (κ2) is 6.89. The summed E-state index contributed by atoms with van der Waals surface area (Å²) in [6.07, 6.45) is 0. The van der Waals surface area contributed by atoms with Crippen molar-refractivity contribution < 1.29 is 19.8 Å². The number of hydrogen-bond acceptors (Lipinski definition) is 3. The van der Waals surface area contributed by atoms with Crippen molar-refractivity contribution in [3.05, 3.63) is 0 Å². The van der Waals surface area contributed by atoms with E-state index in [-0.39, 0.29) is 12.5 Å². The molecule has 0 unspecified atom stereocenters. The van der Waals surface area contributed by atoms with E-state index in [1.165, 1.54) is 7.05 Å². The monoisotopic (exact) mass is 191 g/mol. The second-order valence-electron chi connectivity index (χ2n) is 2.15. The molecule has 0 aliphatic carbocycles. The van der Waals surface area contributed by atoms with Gasteiger partial charge in [0.05, 0.1) is 0 Å². The number of hydrogen-bond donors (Lipinski definition) is 4. The maximum atomic E-state index is 9.92. The largest absolute Gasteiger partial charge is 0.481 e. The van der Waals surface area contributed by atoms with Crippen LogP contribution in [0, 0.1) is 5.41 Å². The van der Waals surface area contributed by atoms with Crippen molar-refractivity contribution in [2.45, 2.75) is 6.92 Å². The Morgan fingerprint density at radius 1 is 1.46 bits per heavy atom. The smallest absolute Gasteiger partial charge is 0.323 e. The van der Waals surface area contributed by atoms with Crippen LogP contribution in [0.25, 0.3) is 0 Å². The van der Waals surface area contributed by atoms with E-state index >= 15 is 0 Å². The minimum atomic E-state index is -0.993. The number of aliphatic carboxylic acids is 2. The Labute approximate surface area is 75.3 Å². The van der Waals surface area contributed by atoms with Gasteiger partial charge in [-0.25, -0.2) is 0 Å². The molecule has 0 amide bonds. The summed E-state index contributed by atoms with van der Waals surface area (Å²) < 4.78 is 0. The van der Waals surface area contributed by atoms with Gasteiger partial charge in [0, 0.05) is 14.0 Å². The Hall–Kier alpha value is -1.79. The molecule has 0 saturated carbocycles. The number of rotatable bonds is 2. The zero-order chi connectivity index (χ0) is 11.0. The first kappa shape index (κ1) is 13.8. The Kier molecular flexibility index (Phi) is 7.30. The van der Waals surface area contributed by atoms with Crippen molar-refractivity contribution in [3.63, 3.8) is 0 Å². The highest BCUT2D eigenvalue weighted by atomic mass is 16.4. The molecule has 13 heavy (non-hydrogen) atoms. The Balaban J connectivity index is 0. The minimum absolute atomic E-state index is 0.227. The molecule has 7 heteroatoms. The third kappa shape index (κ3) is 17.8. The van der Waals surface area contributed by atoms with Gasteiger partial charge in [-0.1, -0.05) is 0 Å². The molecule has 0 fully saturated rings. The maximum absolute atomic E-state index is 9.92. The lowest BCUT2D eigenvalue weighted by Gasteiger charge is -2.12.